The van der Waals surface area contributed by atoms with Crippen molar-refractivity contribution in [3.05, 3.63) is 77.1 Å². The van der Waals surface area contributed by atoms with Crippen LogP contribution in [0.25, 0.3) is 5.69 Å². The minimum atomic E-state index is -4.71. The van der Waals surface area contributed by atoms with Gasteiger partial charge in [0.25, 0.3) is 5.91 Å². The quantitative estimate of drug-likeness (QED) is 0.594. The first kappa shape index (κ1) is 22.8. The lowest BCUT2D eigenvalue weighted by Gasteiger charge is -2.23. The molecule has 0 saturated carbocycles. The minimum absolute atomic E-state index is 0.0686. The summed E-state index contributed by atoms with van der Waals surface area (Å²) in [6, 6.07) is 14.3. The average Bonchev–Trinajstić information content (AvgIpc) is 3.30. The molecular formula is C23H22F3N3O4. The molecule has 0 spiro atoms. The van der Waals surface area contributed by atoms with Gasteiger partial charge in [-0.3, -0.25) is 4.79 Å². The van der Waals surface area contributed by atoms with Gasteiger partial charge in [0.2, 0.25) is 0 Å². The fourth-order valence-corrected chi connectivity index (χ4v) is 3.48. The molecule has 7 nitrogen and oxygen atoms in total. The number of ether oxygens (including phenoxy) is 3. The lowest BCUT2D eigenvalue weighted by Crippen LogP contribution is -2.25. The van der Waals surface area contributed by atoms with Crippen molar-refractivity contribution >= 4 is 5.91 Å². The van der Waals surface area contributed by atoms with Gasteiger partial charge in [0, 0.05) is 23.7 Å². The van der Waals surface area contributed by atoms with Crippen LogP contribution in [0.4, 0.5) is 13.2 Å². The van der Waals surface area contributed by atoms with E-state index in [-0.39, 0.29) is 17.9 Å². The van der Waals surface area contributed by atoms with E-state index in [4.69, 9.17) is 14.2 Å². The Balaban J connectivity index is 1.64. The van der Waals surface area contributed by atoms with E-state index in [0.29, 0.717) is 30.1 Å². The molecule has 4 rings (SSSR count). The molecule has 1 aromatic heterocycles. The highest BCUT2D eigenvalue weighted by Gasteiger charge is 2.36. The number of nitrogens with one attached hydrogen (secondary N) is 1. The first-order valence-electron chi connectivity index (χ1n) is 10.3. The van der Waals surface area contributed by atoms with Crippen LogP contribution in [0, 0.1) is 0 Å². The lowest BCUT2D eigenvalue weighted by atomic mass is 10.1. The number of carbonyl (C=O) groups is 1. The van der Waals surface area contributed by atoms with Crippen molar-refractivity contribution in [1.29, 1.82) is 0 Å². The number of carbonyl (C=O) groups excluding carboxylic acids is 1. The molecule has 1 fully saturated rings. The Hall–Kier alpha value is -3.37. The Bertz CT molecular complexity index is 1120. The van der Waals surface area contributed by atoms with Crippen LogP contribution in [0.1, 0.15) is 40.0 Å². The molecule has 2 heterocycles. The molecule has 33 heavy (non-hydrogen) atoms. The summed E-state index contributed by atoms with van der Waals surface area (Å²) in [4.78, 5) is 12.9. The Morgan fingerprint density at radius 1 is 1.15 bits per heavy atom. The fourth-order valence-electron chi connectivity index (χ4n) is 3.48. The maximum absolute atomic E-state index is 13.4. The van der Waals surface area contributed by atoms with E-state index in [1.54, 1.807) is 48.5 Å². The lowest BCUT2D eigenvalue weighted by molar-refractivity contribution is -0.183. The Morgan fingerprint density at radius 3 is 2.64 bits per heavy atom. The number of hydrogen-bond acceptors (Lipinski definition) is 5. The first-order chi connectivity index (χ1) is 15.9. The van der Waals surface area contributed by atoms with Crippen LogP contribution in [0.5, 0.6) is 5.75 Å². The van der Waals surface area contributed by atoms with E-state index < -0.39 is 24.1 Å². The van der Waals surface area contributed by atoms with Crippen LogP contribution in [-0.2, 0) is 22.2 Å². The van der Waals surface area contributed by atoms with Gasteiger partial charge in [-0.2, -0.15) is 18.3 Å². The third-order valence-corrected chi connectivity index (χ3v) is 5.08. The standard InChI is InChI=1S/C23H22F3N3O4/c1-31-19-9-3-2-6-16(19)14-27-21(30)18-13-20(23(24,25)26)28-29(18)17-8-4-7-15(12-17)22-32-10-5-11-33-22/h2-4,6-9,12-13,22H,5,10-11,14H2,1H3,(H,27,30). The van der Waals surface area contributed by atoms with E-state index in [1.807, 2.05) is 0 Å². The summed E-state index contributed by atoms with van der Waals surface area (Å²) in [6.45, 7) is 1.11. The van der Waals surface area contributed by atoms with Crippen molar-refractivity contribution in [2.75, 3.05) is 20.3 Å². The third-order valence-electron chi connectivity index (χ3n) is 5.08. The maximum atomic E-state index is 13.4. The highest BCUT2D eigenvalue weighted by atomic mass is 19.4. The van der Waals surface area contributed by atoms with Gasteiger partial charge < -0.3 is 19.5 Å². The summed E-state index contributed by atoms with van der Waals surface area (Å²) in [7, 11) is 1.50. The number of amides is 1. The number of methoxy groups -OCH3 is 1. The zero-order chi connectivity index (χ0) is 23.4. The molecule has 0 unspecified atom stereocenters. The smallest absolute Gasteiger partial charge is 0.435 e. The average molecular weight is 461 g/mol. The fraction of sp³-hybridized carbons (Fsp3) is 0.304. The molecule has 3 aromatic rings. The molecule has 0 aliphatic carbocycles. The molecule has 0 atom stereocenters. The number of nitrogens with zero attached hydrogens (tertiary/aromatic N) is 2. The summed E-state index contributed by atoms with van der Waals surface area (Å²) in [6.07, 6.45) is -4.57. The summed E-state index contributed by atoms with van der Waals surface area (Å²) in [5, 5.41) is 6.32. The number of rotatable bonds is 6. The van der Waals surface area contributed by atoms with Crippen molar-refractivity contribution < 1.29 is 32.2 Å². The van der Waals surface area contributed by atoms with E-state index in [9.17, 15) is 18.0 Å². The van der Waals surface area contributed by atoms with Crippen molar-refractivity contribution in [1.82, 2.24) is 15.1 Å². The van der Waals surface area contributed by atoms with E-state index in [0.717, 1.165) is 17.2 Å². The van der Waals surface area contributed by atoms with Crippen molar-refractivity contribution in [2.24, 2.45) is 0 Å². The normalized spacial score (nSPS) is 14.8. The van der Waals surface area contributed by atoms with Gasteiger partial charge in [-0.25, -0.2) is 4.68 Å². The zero-order valence-corrected chi connectivity index (χ0v) is 17.8. The summed E-state index contributed by atoms with van der Waals surface area (Å²) in [5.41, 5.74) is 0.171. The predicted molar refractivity (Wildman–Crippen MR) is 112 cm³/mol. The number of alkyl halides is 3. The van der Waals surface area contributed by atoms with Crippen LogP contribution >= 0.6 is 0 Å². The van der Waals surface area contributed by atoms with Gasteiger partial charge in [0.15, 0.2) is 12.0 Å². The molecule has 1 aliphatic rings. The third kappa shape index (κ3) is 5.18. The first-order valence-corrected chi connectivity index (χ1v) is 10.3. The van der Waals surface area contributed by atoms with Crippen LogP contribution in [-0.4, -0.2) is 36.0 Å². The molecule has 1 amide bonds. The zero-order valence-electron chi connectivity index (χ0n) is 17.8. The molecule has 1 saturated heterocycles. The number of aromatic nitrogens is 2. The van der Waals surface area contributed by atoms with Crippen LogP contribution < -0.4 is 10.1 Å². The molecule has 10 heteroatoms. The van der Waals surface area contributed by atoms with E-state index >= 15 is 0 Å². The van der Waals surface area contributed by atoms with Gasteiger partial charge >= 0.3 is 6.18 Å². The predicted octanol–water partition coefficient (Wildman–Crippen LogP) is 4.27. The minimum Gasteiger partial charge on any atom is -0.496 e. The Kier molecular flexibility index (Phi) is 6.66. The Labute approximate surface area is 188 Å². The summed E-state index contributed by atoms with van der Waals surface area (Å²) >= 11 is 0. The van der Waals surface area contributed by atoms with Crippen molar-refractivity contribution in [3.63, 3.8) is 0 Å². The van der Waals surface area contributed by atoms with Crippen molar-refractivity contribution in [2.45, 2.75) is 25.4 Å². The number of para-hydroxylation sites is 1. The highest BCUT2D eigenvalue weighted by molar-refractivity contribution is 5.93. The Morgan fingerprint density at radius 2 is 1.91 bits per heavy atom. The topological polar surface area (TPSA) is 74.6 Å². The van der Waals surface area contributed by atoms with Gasteiger partial charge in [-0.1, -0.05) is 30.3 Å². The maximum Gasteiger partial charge on any atom is 0.435 e. The van der Waals surface area contributed by atoms with Crippen LogP contribution in [0.15, 0.2) is 54.6 Å². The van der Waals surface area contributed by atoms with Crippen molar-refractivity contribution in [3.8, 4) is 11.4 Å². The van der Waals surface area contributed by atoms with Gasteiger partial charge in [0.1, 0.15) is 11.4 Å². The molecule has 0 bridgehead atoms. The second-order valence-corrected chi connectivity index (χ2v) is 7.34. The molecular weight excluding hydrogens is 439 g/mol. The molecule has 1 N–H and O–H groups in total. The SMILES string of the molecule is COc1ccccc1CNC(=O)c1cc(C(F)(F)F)nn1-c1cccc(C2OCCCO2)c1. The number of hydrogen-bond donors (Lipinski definition) is 1. The monoisotopic (exact) mass is 461 g/mol. The van der Waals surface area contributed by atoms with Gasteiger partial charge in [0.05, 0.1) is 26.0 Å². The van der Waals surface area contributed by atoms with E-state index in [2.05, 4.69) is 10.4 Å². The second kappa shape index (κ2) is 9.63. The summed E-state index contributed by atoms with van der Waals surface area (Å²) < 4.78 is 57.6. The summed E-state index contributed by atoms with van der Waals surface area (Å²) in [5.74, 6) is -0.151. The molecule has 2 aromatic carbocycles. The second-order valence-electron chi connectivity index (χ2n) is 7.34. The molecule has 0 radical (unpaired) electrons. The van der Waals surface area contributed by atoms with Gasteiger partial charge in [-0.05, 0) is 24.6 Å². The molecule has 1 aliphatic heterocycles. The number of benzene rings is 2. The highest BCUT2D eigenvalue weighted by Crippen LogP contribution is 2.31. The van der Waals surface area contributed by atoms with E-state index in [1.165, 1.54) is 7.11 Å². The van der Waals surface area contributed by atoms with Crippen LogP contribution in [0.2, 0.25) is 0 Å². The molecule has 174 valence electrons. The number of halogens is 3. The largest absolute Gasteiger partial charge is 0.496 e. The van der Waals surface area contributed by atoms with Gasteiger partial charge in [-0.15, -0.1) is 0 Å². The van der Waals surface area contributed by atoms with Crippen LogP contribution in [0.3, 0.4) is 0 Å².